The van der Waals surface area contributed by atoms with Crippen LogP contribution in [0.1, 0.15) is 0 Å². The van der Waals surface area contributed by atoms with E-state index in [1.807, 2.05) is 0 Å². The number of thioether (sulfide) groups is 1. The topological polar surface area (TPSA) is 63.7 Å². The lowest BCUT2D eigenvalue weighted by atomic mass is 10.1. The SMILES string of the molecule is COc1ccc(N2C(=O)CS[C@@H]3CS(=O)(=O)C[C@@H]32)cc1. The third kappa shape index (κ3) is 2.40. The number of fused-ring (bicyclic) bond motifs is 1. The monoisotopic (exact) mass is 313 g/mol. The molecule has 0 aromatic heterocycles. The smallest absolute Gasteiger partial charge is 0.237 e. The van der Waals surface area contributed by atoms with Crippen molar-refractivity contribution < 1.29 is 17.9 Å². The summed E-state index contributed by atoms with van der Waals surface area (Å²) >= 11 is 1.46. The largest absolute Gasteiger partial charge is 0.497 e. The van der Waals surface area contributed by atoms with Crippen molar-refractivity contribution in [1.82, 2.24) is 0 Å². The Morgan fingerprint density at radius 3 is 2.60 bits per heavy atom. The fourth-order valence-corrected chi connectivity index (χ4v) is 6.53. The van der Waals surface area contributed by atoms with Gasteiger partial charge < -0.3 is 9.64 Å². The maximum atomic E-state index is 12.2. The van der Waals surface area contributed by atoms with Gasteiger partial charge in [0.25, 0.3) is 0 Å². The Morgan fingerprint density at radius 1 is 1.25 bits per heavy atom. The van der Waals surface area contributed by atoms with Crippen LogP contribution in [0.5, 0.6) is 5.75 Å². The zero-order chi connectivity index (χ0) is 14.3. The number of amides is 1. The first-order valence-corrected chi connectivity index (χ1v) is 9.15. The molecular weight excluding hydrogens is 298 g/mol. The van der Waals surface area contributed by atoms with Crippen molar-refractivity contribution in [2.45, 2.75) is 11.3 Å². The highest BCUT2D eigenvalue weighted by Gasteiger charge is 2.46. The number of carbonyl (C=O) groups is 1. The van der Waals surface area contributed by atoms with E-state index in [0.29, 0.717) is 11.5 Å². The van der Waals surface area contributed by atoms with E-state index in [9.17, 15) is 13.2 Å². The Labute approximate surface area is 122 Å². The molecular formula is C13H15NO4S2. The van der Waals surface area contributed by atoms with Crippen LogP contribution in [0.15, 0.2) is 24.3 Å². The van der Waals surface area contributed by atoms with Gasteiger partial charge in [0.15, 0.2) is 9.84 Å². The van der Waals surface area contributed by atoms with Gasteiger partial charge in [-0.05, 0) is 24.3 Å². The van der Waals surface area contributed by atoms with Gasteiger partial charge >= 0.3 is 0 Å². The van der Waals surface area contributed by atoms with Crippen LogP contribution in [0, 0.1) is 0 Å². The Morgan fingerprint density at radius 2 is 1.95 bits per heavy atom. The highest BCUT2D eigenvalue weighted by molar-refractivity contribution is 8.02. The molecule has 0 N–H and O–H groups in total. The summed E-state index contributed by atoms with van der Waals surface area (Å²) in [5.41, 5.74) is 0.739. The molecule has 2 aliphatic rings. The Bertz CT molecular complexity index is 626. The number of hydrogen-bond donors (Lipinski definition) is 0. The number of anilines is 1. The van der Waals surface area contributed by atoms with Gasteiger partial charge in [-0.1, -0.05) is 0 Å². The van der Waals surface area contributed by atoms with E-state index in [0.717, 1.165) is 5.69 Å². The molecule has 0 radical (unpaired) electrons. The maximum absolute atomic E-state index is 12.2. The normalized spacial score (nSPS) is 28.2. The standard InChI is InChI=1S/C13H15NO4S2/c1-18-10-4-2-9(3-5-10)14-11-7-20(16,17)8-12(11)19-6-13(14)15/h2-5,11-12H,6-8H2,1H3/t11-,12+/m0/s1. The van der Waals surface area contributed by atoms with Crippen LogP contribution >= 0.6 is 11.8 Å². The summed E-state index contributed by atoms with van der Waals surface area (Å²) < 4.78 is 28.7. The molecule has 20 heavy (non-hydrogen) atoms. The summed E-state index contributed by atoms with van der Waals surface area (Å²) in [5, 5.41) is -0.0141. The number of hydrogen-bond acceptors (Lipinski definition) is 5. The maximum Gasteiger partial charge on any atom is 0.237 e. The van der Waals surface area contributed by atoms with Crippen LogP contribution in [-0.4, -0.2) is 50.0 Å². The number of benzene rings is 1. The number of carbonyl (C=O) groups excluding carboxylic acids is 1. The first-order chi connectivity index (χ1) is 9.50. The molecule has 0 saturated carbocycles. The molecule has 1 amide bonds. The Kier molecular flexibility index (Phi) is 3.41. The molecule has 108 valence electrons. The highest BCUT2D eigenvalue weighted by atomic mass is 32.2. The van der Waals surface area contributed by atoms with Crippen LogP contribution < -0.4 is 9.64 Å². The van der Waals surface area contributed by atoms with Crippen molar-refractivity contribution in [3.05, 3.63) is 24.3 Å². The van der Waals surface area contributed by atoms with E-state index < -0.39 is 9.84 Å². The molecule has 5 nitrogen and oxygen atoms in total. The van der Waals surface area contributed by atoms with Gasteiger partial charge in [0, 0.05) is 10.9 Å². The van der Waals surface area contributed by atoms with Gasteiger partial charge in [0.1, 0.15) is 5.75 Å². The van der Waals surface area contributed by atoms with Crippen molar-refractivity contribution in [3.63, 3.8) is 0 Å². The van der Waals surface area contributed by atoms with E-state index in [2.05, 4.69) is 0 Å². The molecule has 2 heterocycles. The van der Waals surface area contributed by atoms with Gasteiger partial charge in [-0.2, -0.15) is 0 Å². The summed E-state index contributed by atoms with van der Waals surface area (Å²) in [7, 11) is -1.46. The predicted molar refractivity (Wildman–Crippen MR) is 79.2 cm³/mol. The van der Waals surface area contributed by atoms with Gasteiger partial charge in [0.2, 0.25) is 5.91 Å². The van der Waals surface area contributed by atoms with E-state index in [4.69, 9.17) is 4.74 Å². The third-order valence-electron chi connectivity index (χ3n) is 3.64. The van der Waals surface area contributed by atoms with Crippen molar-refractivity contribution >= 4 is 33.2 Å². The van der Waals surface area contributed by atoms with Gasteiger partial charge in [-0.15, -0.1) is 11.8 Å². The van der Waals surface area contributed by atoms with E-state index in [1.165, 1.54) is 11.8 Å². The molecule has 3 rings (SSSR count). The lowest BCUT2D eigenvalue weighted by Gasteiger charge is -2.36. The molecule has 2 fully saturated rings. The quantitative estimate of drug-likeness (QED) is 0.813. The molecule has 0 bridgehead atoms. The lowest BCUT2D eigenvalue weighted by molar-refractivity contribution is -0.116. The molecule has 1 aromatic rings. The van der Waals surface area contributed by atoms with Crippen molar-refractivity contribution in [2.24, 2.45) is 0 Å². The number of rotatable bonds is 2. The fourth-order valence-electron chi connectivity index (χ4n) is 2.71. The van der Waals surface area contributed by atoms with E-state index in [1.54, 1.807) is 36.3 Å². The summed E-state index contributed by atoms with van der Waals surface area (Å²) in [5.74, 6) is 1.25. The molecule has 0 aliphatic carbocycles. The molecule has 2 saturated heterocycles. The first-order valence-electron chi connectivity index (χ1n) is 6.28. The number of sulfone groups is 1. The summed E-state index contributed by atoms with van der Waals surface area (Å²) in [6.45, 7) is 0. The van der Waals surface area contributed by atoms with Crippen LogP contribution in [0.25, 0.3) is 0 Å². The highest BCUT2D eigenvalue weighted by Crippen LogP contribution is 2.36. The zero-order valence-corrected chi connectivity index (χ0v) is 12.6. The molecule has 2 aliphatic heterocycles. The second-order valence-electron chi connectivity index (χ2n) is 4.96. The summed E-state index contributed by atoms with van der Waals surface area (Å²) in [4.78, 5) is 13.8. The van der Waals surface area contributed by atoms with Crippen LogP contribution in [0.2, 0.25) is 0 Å². The minimum absolute atomic E-state index is 0.0141. The molecule has 2 atom stereocenters. The number of ether oxygens (including phenoxy) is 1. The van der Waals surface area contributed by atoms with Crippen LogP contribution in [0.4, 0.5) is 5.69 Å². The molecule has 1 aromatic carbocycles. The first kappa shape index (κ1) is 13.8. The molecule has 0 unspecified atom stereocenters. The zero-order valence-electron chi connectivity index (χ0n) is 11.0. The van der Waals surface area contributed by atoms with Gasteiger partial charge in [-0.3, -0.25) is 4.79 Å². The average Bonchev–Trinajstić information content (AvgIpc) is 2.73. The second-order valence-corrected chi connectivity index (χ2v) is 8.34. The average molecular weight is 313 g/mol. The molecule has 7 heteroatoms. The van der Waals surface area contributed by atoms with Crippen LogP contribution in [0.3, 0.4) is 0 Å². The summed E-state index contributed by atoms with van der Waals surface area (Å²) in [6, 6.07) is 6.91. The van der Waals surface area contributed by atoms with Crippen LogP contribution in [-0.2, 0) is 14.6 Å². The predicted octanol–water partition coefficient (Wildman–Crippen LogP) is 0.941. The lowest BCUT2D eigenvalue weighted by Crippen LogP contribution is -2.50. The van der Waals surface area contributed by atoms with Gasteiger partial charge in [-0.25, -0.2) is 8.42 Å². The fraction of sp³-hybridized carbons (Fsp3) is 0.462. The molecule has 0 spiro atoms. The minimum Gasteiger partial charge on any atom is -0.497 e. The van der Waals surface area contributed by atoms with Crippen molar-refractivity contribution in [2.75, 3.05) is 29.3 Å². The third-order valence-corrected chi connectivity index (χ3v) is 6.89. The van der Waals surface area contributed by atoms with E-state index >= 15 is 0 Å². The van der Waals surface area contributed by atoms with E-state index in [-0.39, 0.29) is 28.7 Å². The van der Waals surface area contributed by atoms with Crippen molar-refractivity contribution in [1.29, 1.82) is 0 Å². The second kappa shape index (κ2) is 4.96. The number of nitrogens with zero attached hydrogens (tertiary/aromatic N) is 1. The number of methoxy groups -OCH3 is 1. The van der Waals surface area contributed by atoms with Gasteiger partial charge in [0.05, 0.1) is 30.4 Å². The summed E-state index contributed by atoms with van der Waals surface area (Å²) in [6.07, 6.45) is 0. The Hall–Kier alpha value is -1.21. The Balaban J connectivity index is 1.94. The minimum atomic E-state index is -3.05. The van der Waals surface area contributed by atoms with Crippen molar-refractivity contribution in [3.8, 4) is 5.75 Å².